The lowest BCUT2D eigenvalue weighted by molar-refractivity contribution is -0.111. The van der Waals surface area contributed by atoms with E-state index in [4.69, 9.17) is 0 Å². The summed E-state index contributed by atoms with van der Waals surface area (Å²) in [7, 11) is -3.86. The molecule has 142 valence electrons. The van der Waals surface area contributed by atoms with E-state index in [1.165, 1.54) is 42.5 Å². The van der Waals surface area contributed by atoms with Gasteiger partial charge in [0.25, 0.3) is 0 Å². The number of benzene rings is 2. The van der Waals surface area contributed by atoms with Crippen molar-refractivity contribution in [1.29, 1.82) is 0 Å². The van der Waals surface area contributed by atoms with Crippen molar-refractivity contribution in [3.63, 3.8) is 0 Å². The molecule has 0 fully saturated rings. The normalized spacial score (nSPS) is 11.5. The number of aryl methyl sites for hydroxylation is 1. The lowest BCUT2D eigenvalue weighted by atomic mass is 10.2. The van der Waals surface area contributed by atoms with E-state index in [1.54, 1.807) is 31.5 Å². The Bertz CT molecular complexity index is 1130. The predicted octanol–water partition coefficient (Wildman–Crippen LogP) is 4.01. The van der Waals surface area contributed by atoms with Crippen molar-refractivity contribution in [1.82, 2.24) is 4.98 Å². The van der Waals surface area contributed by atoms with E-state index in [0.717, 1.165) is 11.6 Å². The van der Waals surface area contributed by atoms with Crippen LogP contribution in [-0.2, 0) is 14.6 Å². The molecule has 0 radical (unpaired) electrons. The third kappa shape index (κ3) is 4.50. The van der Waals surface area contributed by atoms with E-state index in [-0.39, 0.29) is 15.7 Å². The molecule has 0 saturated heterocycles. The average molecular weight is 396 g/mol. The molecule has 0 bridgehead atoms. The topological polar surface area (TPSA) is 76.1 Å². The molecule has 5 nitrogen and oxygen atoms in total. The van der Waals surface area contributed by atoms with Gasteiger partial charge in [-0.25, -0.2) is 12.8 Å². The number of nitrogens with zero attached hydrogens (tertiary/aromatic N) is 1. The highest BCUT2D eigenvalue weighted by Crippen LogP contribution is 2.25. The number of aromatic nitrogens is 1. The zero-order chi connectivity index (χ0) is 20.1. The van der Waals surface area contributed by atoms with Gasteiger partial charge in [0, 0.05) is 24.2 Å². The average Bonchev–Trinajstić information content (AvgIpc) is 2.69. The molecule has 1 aromatic heterocycles. The fourth-order valence-corrected chi connectivity index (χ4v) is 4.05. The minimum atomic E-state index is -3.86. The first-order valence-corrected chi connectivity index (χ1v) is 9.85. The van der Waals surface area contributed by atoms with Crippen molar-refractivity contribution in [3.8, 4) is 0 Å². The number of anilines is 1. The first-order valence-electron chi connectivity index (χ1n) is 8.37. The molecule has 0 aliphatic carbocycles. The highest BCUT2D eigenvalue weighted by atomic mass is 32.2. The van der Waals surface area contributed by atoms with E-state index in [1.807, 2.05) is 6.07 Å². The molecule has 1 amide bonds. The Hall–Kier alpha value is -3.32. The number of hydrogen-bond donors (Lipinski definition) is 1. The van der Waals surface area contributed by atoms with Crippen LogP contribution in [0.2, 0.25) is 0 Å². The summed E-state index contributed by atoms with van der Waals surface area (Å²) >= 11 is 0. The molecule has 0 saturated carbocycles. The van der Waals surface area contributed by atoms with Gasteiger partial charge in [-0.2, -0.15) is 0 Å². The van der Waals surface area contributed by atoms with Crippen LogP contribution < -0.4 is 5.32 Å². The van der Waals surface area contributed by atoms with Gasteiger partial charge in [0.05, 0.1) is 9.79 Å². The van der Waals surface area contributed by atoms with Crippen molar-refractivity contribution in [2.24, 2.45) is 0 Å². The number of amides is 1. The molecule has 0 spiro atoms. The molecule has 0 aliphatic rings. The SMILES string of the molecule is Cc1ccc(F)cc1S(=O)(=O)c1ccc(NC(=O)/C=C/c2cccnc2)cc1. The summed E-state index contributed by atoms with van der Waals surface area (Å²) in [5, 5.41) is 2.65. The third-order valence-corrected chi connectivity index (χ3v) is 5.90. The Balaban J connectivity index is 1.75. The quantitative estimate of drug-likeness (QED) is 0.661. The zero-order valence-electron chi connectivity index (χ0n) is 15.0. The van der Waals surface area contributed by atoms with Crippen molar-refractivity contribution in [2.45, 2.75) is 16.7 Å². The first-order chi connectivity index (χ1) is 13.4. The van der Waals surface area contributed by atoms with Gasteiger partial charge < -0.3 is 5.32 Å². The van der Waals surface area contributed by atoms with Gasteiger partial charge in [-0.3, -0.25) is 9.78 Å². The Morgan fingerprint density at radius 1 is 1.11 bits per heavy atom. The summed E-state index contributed by atoms with van der Waals surface area (Å²) in [6.45, 7) is 1.61. The summed E-state index contributed by atoms with van der Waals surface area (Å²) in [6.07, 6.45) is 6.24. The second-order valence-electron chi connectivity index (χ2n) is 6.05. The van der Waals surface area contributed by atoms with Crippen LogP contribution in [0.1, 0.15) is 11.1 Å². The number of sulfone groups is 1. The molecule has 1 N–H and O–H groups in total. The zero-order valence-corrected chi connectivity index (χ0v) is 15.8. The lowest BCUT2D eigenvalue weighted by Gasteiger charge is -2.09. The minimum Gasteiger partial charge on any atom is -0.323 e. The van der Waals surface area contributed by atoms with Gasteiger partial charge >= 0.3 is 0 Å². The molecule has 0 aliphatic heterocycles. The molecule has 2 aromatic carbocycles. The summed E-state index contributed by atoms with van der Waals surface area (Å²) in [4.78, 5) is 15.9. The Labute approximate surface area is 162 Å². The van der Waals surface area contributed by atoms with Gasteiger partial charge in [0.2, 0.25) is 15.7 Å². The maximum atomic E-state index is 13.5. The van der Waals surface area contributed by atoms with Crippen LogP contribution >= 0.6 is 0 Å². The predicted molar refractivity (Wildman–Crippen MR) is 105 cm³/mol. The number of rotatable bonds is 5. The summed E-state index contributed by atoms with van der Waals surface area (Å²) in [5.41, 5.74) is 1.68. The molecule has 0 atom stereocenters. The highest BCUT2D eigenvalue weighted by Gasteiger charge is 2.20. The monoisotopic (exact) mass is 396 g/mol. The van der Waals surface area contributed by atoms with Crippen LogP contribution in [0, 0.1) is 12.7 Å². The Morgan fingerprint density at radius 2 is 1.86 bits per heavy atom. The molecule has 0 unspecified atom stereocenters. The second-order valence-corrected chi connectivity index (χ2v) is 7.96. The largest absolute Gasteiger partial charge is 0.323 e. The van der Waals surface area contributed by atoms with Crippen LogP contribution in [0.5, 0.6) is 0 Å². The second kappa shape index (κ2) is 8.14. The van der Waals surface area contributed by atoms with E-state index in [2.05, 4.69) is 10.3 Å². The van der Waals surface area contributed by atoms with E-state index < -0.39 is 15.7 Å². The van der Waals surface area contributed by atoms with Crippen LogP contribution in [0.3, 0.4) is 0 Å². The number of nitrogens with one attached hydrogen (secondary N) is 1. The summed E-state index contributed by atoms with van der Waals surface area (Å²) in [5.74, 6) is -0.978. The molecule has 3 rings (SSSR count). The smallest absolute Gasteiger partial charge is 0.248 e. The number of carbonyl (C=O) groups is 1. The van der Waals surface area contributed by atoms with Crippen molar-refractivity contribution < 1.29 is 17.6 Å². The van der Waals surface area contributed by atoms with Crippen molar-refractivity contribution in [3.05, 3.63) is 90.0 Å². The molecular formula is C21H17FN2O3S. The van der Waals surface area contributed by atoms with Gasteiger partial charge in [-0.1, -0.05) is 12.1 Å². The van der Waals surface area contributed by atoms with Gasteiger partial charge in [-0.05, 0) is 66.6 Å². The van der Waals surface area contributed by atoms with Crippen LogP contribution in [-0.4, -0.2) is 19.3 Å². The van der Waals surface area contributed by atoms with Gasteiger partial charge in [-0.15, -0.1) is 0 Å². The fourth-order valence-electron chi connectivity index (χ4n) is 2.54. The number of carbonyl (C=O) groups excluding carboxylic acids is 1. The highest BCUT2D eigenvalue weighted by molar-refractivity contribution is 7.91. The first kappa shape index (κ1) is 19.4. The Kier molecular flexibility index (Phi) is 5.65. The molecule has 1 heterocycles. The number of hydrogen-bond acceptors (Lipinski definition) is 4. The van der Waals surface area contributed by atoms with Crippen LogP contribution in [0.25, 0.3) is 6.08 Å². The van der Waals surface area contributed by atoms with Gasteiger partial charge in [0.15, 0.2) is 0 Å². The maximum Gasteiger partial charge on any atom is 0.248 e. The Morgan fingerprint density at radius 3 is 2.54 bits per heavy atom. The molecule has 28 heavy (non-hydrogen) atoms. The van der Waals surface area contributed by atoms with E-state index in [9.17, 15) is 17.6 Å². The maximum absolute atomic E-state index is 13.5. The third-order valence-electron chi connectivity index (χ3n) is 3.98. The van der Waals surface area contributed by atoms with E-state index >= 15 is 0 Å². The fraction of sp³-hybridized carbons (Fsp3) is 0.0476. The summed E-state index contributed by atoms with van der Waals surface area (Å²) < 4.78 is 38.9. The number of halogens is 1. The van der Waals surface area contributed by atoms with Crippen LogP contribution in [0.4, 0.5) is 10.1 Å². The van der Waals surface area contributed by atoms with Gasteiger partial charge in [0.1, 0.15) is 5.82 Å². The molecular weight excluding hydrogens is 379 g/mol. The minimum absolute atomic E-state index is 0.0186. The van der Waals surface area contributed by atoms with Crippen LogP contribution in [0.15, 0.2) is 82.9 Å². The molecule has 7 heteroatoms. The van der Waals surface area contributed by atoms with Crippen molar-refractivity contribution in [2.75, 3.05) is 5.32 Å². The van der Waals surface area contributed by atoms with Crippen molar-refractivity contribution >= 4 is 27.5 Å². The standard InChI is InChI=1S/C21H17FN2O3S/c1-15-4-6-17(22)13-20(15)28(26,27)19-9-7-18(8-10-19)24-21(25)11-5-16-3-2-12-23-14-16/h2-14H,1H3,(H,24,25)/b11-5+. The molecule has 3 aromatic rings. The number of pyridine rings is 1. The lowest BCUT2D eigenvalue weighted by Crippen LogP contribution is -2.08. The summed E-state index contributed by atoms with van der Waals surface area (Å²) in [6, 6.07) is 12.9. The van der Waals surface area contributed by atoms with E-state index in [0.29, 0.717) is 11.3 Å².